The quantitative estimate of drug-likeness (QED) is 0.422. The summed E-state index contributed by atoms with van der Waals surface area (Å²) in [5.74, 6) is 0.0474. The van der Waals surface area contributed by atoms with Gasteiger partial charge in [0.2, 0.25) is 5.91 Å². The molecule has 2 aliphatic rings. The Hall–Kier alpha value is -4.37. The monoisotopic (exact) mass is 514 g/mol. The van der Waals surface area contributed by atoms with Crippen LogP contribution in [0.25, 0.3) is 17.2 Å². The second-order valence-electron chi connectivity index (χ2n) is 9.38. The fourth-order valence-electron chi connectivity index (χ4n) is 4.46. The number of amides is 1. The molecule has 196 valence electrons. The number of ether oxygens (including phenoxy) is 1. The number of rotatable bonds is 8. The molecule has 38 heavy (non-hydrogen) atoms. The number of hydrogen-bond acceptors (Lipinski definition) is 7. The maximum absolute atomic E-state index is 12.9. The molecular weight excluding hydrogens is 484 g/mol. The Labute approximate surface area is 221 Å². The zero-order valence-corrected chi connectivity index (χ0v) is 21.7. The van der Waals surface area contributed by atoms with Gasteiger partial charge in [-0.2, -0.15) is 0 Å². The number of ketones is 1. The molecule has 0 saturated carbocycles. The normalized spacial score (nSPS) is 14.5. The number of benzene rings is 2. The highest BCUT2D eigenvalue weighted by atomic mass is 16.6. The van der Waals surface area contributed by atoms with Crippen LogP contribution in [0.3, 0.4) is 0 Å². The van der Waals surface area contributed by atoms with Gasteiger partial charge in [0.1, 0.15) is 0 Å². The number of aliphatic imine (C=N–C) groups is 1. The Morgan fingerprint density at radius 2 is 1.97 bits per heavy atom. The first-order chi connectivity index (χ1) is 18.3. The molecule has 2 aromatic rings. The summed E-state index contributed by atoms with van der Waals surface area (Å²) in [7, 11) is 5.27. The summed E-state index contributed by atoms with van der Waals surface area (Å²) in [5, 5.41) is 14.3. The summed E-state index contributed by atoms with van der Waals surface area (Å²) in [5.41, 5.74) is 5.20. The van der Waals surface area contributed by atoms with Crippen molar-refractivity contribution in [3.8, 4) is 16.9 Å². The minimum Gasteiger partial charge on any atom is -0.490 e. The number of carbonyl (C=O) groups is 2. The molecule has 0 unspecified atom stereocenters. The van der Waals surface area contributed by atoms with Gasteiger partial charge in [0.05, 0.1) is 25.0 Å². The topological polar surface area (TPSA) is 114 Å². The van der Waals surface area contributed by atoms with Gasteiger partial charge < -0.3 is 15.0 Å². The summed E-state index contributed by atoms with van der Waals surface area (Å²) in [4.78, 5) is 43.0. The van der Waals surface area contributed by atoms with Crippen LogP contribution < -0.4 is 10.1 Å². The molecule has 4 rings (SSSR count). The first-order valence-electron chi connectivity index (χ1n) is 12.3. The number of likely N-dealkylation sites (N-methyl/N-ethyl adjacent to an activating group) is 1. The number of nitro benzene ring substituents is 1. The van der Waals surface area contributed by atoms with E-state index in [-0.39, 0.29) is 29.5 Å². The van der Waals surface area contributed by atoms with Crippen LogP contribution in [-0.4, -0.2) is 62.0 Å². The van der Waals surface area contributed by atoms with Crippen molar-refractivity contribution < 1.29 is 19.2 Å². The number of nitrogens with one attached hydrogen (secondary N) is 1. The summed E-state index contributed by atoms with van der Waals surface area (Å²) in [6.07, 6.45) is 9.59. The molecule has 1 heterocycles. The Morgan fingerprint density at radius 3 is 2.71 bits per heavy atom. The minimum atomic E-state index is -0.486. The SMILES string of the molecule is COc1cc(-c2cc3c(c(CC(=O)NCCN(C)C)c2)C=CC2=C(C=CCC2=O)C=NC3)ccc1[N+](=O)[O-]. The van der Waals surface area contributed by atoms with E-state index < -0.39 is 4.92 Å². The molecule has 9 nitrogen and oxygen atoms in total. The zero-order chi connectivity index (χ0) is 27.2. The van der Waals surface area contributed by atoms with Crippen LogP contribution in [0.4, 0.5) is 5.69 Å². The average Bonchev–Trinajstić information content (AvgIpc) is 2.97. The first-order valence-corrected chi connectivity index (χ1v) is 12.3. The van der Waals surface area contributed by atoms with Crippen molar-refractivity contribution in [3.05, 3.63) is 86.5 Å². The molecule has 1 aliphatic carbocycles. The molecule has 1 N–H and O–H groups in total. The highest BCUT2D eigenvalue weighted by molar-refractivity contribution is 6.07. The molecule has 0 fully saturated rings. The Balaban J connectivity index is 1.79. The van der Waals surface area contributed by atoms with Gasteiger partial charge >= 0.3 is 5.69 Å². The van der Waals surface area contributed by atoms with Gasteiger partial charge in [-0.15, -0.1) is 0 Å². The number of fused-ring (bicyclic) bond motifs is 1. The molecular formula is C29H30N4O5. The number of hydrogen-bond donors (Lipinski definition) is 1. The van der Waals surface area contributed by atoms with E-state index in [9.17, 15) is 19.7 Å². The van der Waals surface area contributed by atoms with E-state index in [0.717, 1.165) is 27.8 Å². The smallest absolute Gasteiger partial charge is 0.310 e. The fraction of sp³-hybridized carbons (Fsp3) is 0.276. The maximum atomic E-state index is 12.9. The van der Waals surface area contributed by atoms with E-state index in [2.05, 4.69) is 10.3 Å². The molecule has 0 atom stereocenters. The minimum absolute atomic E-state index is 0.0197. The lowest BCUT2D eigenvalue weighted by Crippen LogP contribution is -2.32. The van der Waals surface area contributed by atoms with E-state index in [1.807, 2.05) is 49.4 Å². The van der Waals surface area contributed by atoms with Crippen molar-refractivity contribution >= 4 is 29.7 Å². The van der Waals surface area contributed by atoms with Gasteiger partial charge in [-0.1, -0.05) is 30.4 Å². The largest absolute Gasteiger partial charge is 0.490 e. The van der Waals surface area contributed by atoms with Crippen LogP contribution in [0.1, 0.15) is 23.1 Å². The third-order valence-electron chi connectivity index (χ3n) is 6.41. The highest BCUT2D eigenvalue weighted by Crippen LogP contribution is 2.35. The van der Waals surface area contributed by atoms with Crippen molar-refractivity contribution in [1.82, 2.24) is 10.2 Å². The zero-order valence-electron chi connectivity index (χ0n) is 21.7. The number of methoxy groups -OCH3 is 1. The molecule has 1 amide bonds. The van der Waals surface area contributed by atoms with Gasteiger partial charge in [-0.3, -0.25) is 24.7 Å². The van der Waals surface area contributed by atoms with E-state index in [4.69, 9.17) is 4.74 Å². The molecule has 0 bridgehead atoms. The van der Waals surface area contributed by atoms with E-state index >= 15 is 0 Å². The lowest BCUT2D eigenvalue weighted by molar-refractivity contribution is -0.385. The van der Waals surface area contributed by atoms with Crippen LogP contribution in [0, 0.1) is 10.1 Å². The van der Waals surface area contributed by atoms with Crippen molar-refractivity contribution in [2.24, 2.45) is 4.99 Å². The maximum Gasteiger partial charge on any atom is 0.310 e. The van der Waals surface area contributed by atoms with Crippen LogP contribution in [0.15, 0.2) is 64.7 Å². The molecule has 0 radical (unpaired) electrons. The van der Waals surface area contributed by atoms with Crippen LogP contribution in [0.5, 0.6) is 5.75 Å². The Bertz CT molecular complexity index is 1400. The second kappa shape index (κ2) is 11.8. The van der Waals surface area contributed by atoms with Gasteiger partial charge in [-0.25, -0.2) is 0 Å². The summed E-state index contributed by atoms with van der Waals surface area (Å²) >= 11 is 0. The molecule has 1 aliphatic heterocycles. The van der Waals surface area contributed by atoms with Crippen LogP contribution >= 0.6 is 0 Å². The third-order valence-corrected chi connectivity index (χ3v) is 6.41. The number of allylic oxidation sites excluding steroid dienone is 5. The summed E-state index contributed by atoms with van der Waals surface area (Å²) < 4.78 is 5.27. The number of Topliss-reactive ketones (excluding diaryl/α,β-unsaturated/α-hetero) is 1. The van der Waals surface area contributed by atoms with Crippen LogP contribution in [0.2, 0.25) is 0 Å². The standard InChI is InChI=1S/C29H30N4O5/c1-32(2)12-11-31-29(35)16-22-13-21(19-7-10-26(33(36)37)28(15-19)38-3)14-23-18-30-17-20-5-4-6-27(34)25(20)9-8-24(22)23/h4-5,7-10,13-15,17H,6,11-12,16,18H2,1-3H3,(H,31,35). The Morgan fingerprint density at radius 1 is 1.16 bits per heavy atom. The molecule has 0 saturated heterocycles. The van der Waals surface area contributed by atoms with Gasteiger partial charge in [0, 0.05) is 42.9 Å². The number of nitro groups is 1. The molecule has 9 heteroatoms. The van der Waals surface area contributed by atoms with Crippen LogP contribution in [-0.2, 0) is 22.6 Å². The lowest BCUT2D eigenvalue weighted by atomic mass is 9.91. The van der Waals surface area contributed by atoms with Crippen molar-refractivity contribution in [2.45, 2.75) is 19.4 Å². The Kier molecular flexibility index (Phi) is 8.28. The van der Waals surface area contributed by atoms with Crippen molar-refractivity contribution in [2.75, 3.05) is 34.3 Å². The van der Waals surface area contributed by atoms with Gasteiger partial charge in [0.25, 0.3) is 0 Å². The second-order valence-corrected chi connectivity index (χ2v) is 9.38. The fourth-order valence-corrected chi connectivity index (χ4v) is 4.46. The average molecular weight is 515 g/mol. The molecule has 0 spiro atoms. The predicted molar refractivity (Wildman–Crippen MR) is 147 cm³/mol. The number of nitrogens with zero attached hydrogens (tertiary/aromatic N) is 3. The first kappa shape index (κ1) is 26.7. The lowest BCUT2D eigenvalue weighted by Gasteiger charge is -2.16. The summed E-state index contributed by atoms with van der Waals surface area (Å²) in [6.45, 7) is 1.57. The van der Waals surface area contributed by atoms with Gasteiger partial charge in [-0.05, 0) is 60.1 Å². The van der Waals surface area contributed by atoms with E-state index in [0.29, 0.717) is 37.2 Å². The van der Waals surface area contributed by atoms with E-state index in [1.165, 1.54) is 13.2 Å². The molecule has 2 aromatic carbocycles. The van der Waals surface area contributed by atoms with Gasteiger partial charge in [0.15, 0.2) is 11.5 Å². The summed E-state index contributed by atoms with van der Waals surface area (Å²) in [6, 6.07) is 8.58. The highest BCUT2D eigenvalue weighted by Gasteiger charge is 2.20. The third kappa shape index (κ3) is 6.12. The van der Waals surface area contributed by atoms with Crippen molar-refractivity contribution in [1.29, 1.82) is 0 Å². The number of carbonyl (C=O) groups excluding carboxylic acids is 2. The van der Waals surface area contributed by atoms with Crippen molar-refractivity contribution in [3.63, 3.8) is 0 Å². The van der Waals surface area contributed by atoms with E-state index in [1.54, 1.807) is 24.4 Å². The molecule has 0 aromatic heterocycles. The predicted octanol–water partition coefficient (Wildman–Crippen LogP) is 3.91.